The second kappa shape index (κ2) is 5.77. The normalized spacial score (nSPS) is 11.5. The Labute approximate surface area is 102 Å². The fourth-order valence-corrected chi connectivity index (χ4v) is 1.19. The first kappa shape index (κ1) is 13.6. The smallest absolute Gasteiger partial charge is 0.337 e. The number of hydrogen-bond acceptors (Lipinski definition) is 3. The summed E-state index contributed by atoms with van der Waals surface area (Å²) in [6, 6.07) is 3.22. The average Bonchev–Trinajstić information content (AvgIpc) is 2.24. The number of carbonyl (C=O) groups is 1. The van der Waals surface area contributed by atoms with Crippen LogP contribution >= 0.6 is 0 Å². The van der Waals surface area contributed by atoms with Gasteiger partial charge in [0.2, 0.25) is 0 Å². The van der Waals surface area contributed by atoms with E-state index in [4.69, 9.17) is 9.84 Å². The van der Waals surface area contributed by atoms with Crippen molar-refractivity contribution >= 4 is 5.97 Å². The lowest BCUT2D eigenvalue weighted by Gasteiger charge is -2.17. The van der Waals surface area contributed by atoms with Gasteiger partial charge in [-0.1, -0.05) is 20.8 Å². The monoisotopic (exact) mass is 237 g/mol. The molecule has 0 spiro atoms. The van der Waals surface area contributed by atoms with Gasteiger partial charge >= 0.3 is 5.97 Å². The Balaban J connectivity index is 2.35. The SMILES string of the molecule is CC(C)(C)CCOCc1ccc(C(=O)O)cn1. The third kappa shape index (κ3) is 5.45. The van der Waals surface area contributed by atoms with E-state index < -0.39 is 5.97 Å². The Morgan fingerprint density at radius 2 is 2.12 bits per heavy atom. The van der Waals surface area contributed by atoms with E-state index in [1.54, 1.807) is 6.07 Å². The molecule has 0 bridgehead atoms. The third-order valence-corrected chi connectivity index (χ3v) is 2.32. The lowest BCUT2D eigenvalue weighted by atomic mass is 9.93. The maximum atomic E-state index is 10.6. The van der Waals surface area contributed by atoms with Gasteiger partial charge in [-0.05, 0) is 24.0 Å². The number of pyridine rings is 1. The van der Waals surface area contributed by atoms with E-state index in [1.165, 1.54) is 12.3 Å². The van der Waals surface area contributed by atoms with Crippen LogP contribution in [0.25, 0.3) is 0 Å². The number of aromatic nitrogens is 1. The van der Waals surface area contributed by atoms with Crippen LogP contribution in [0.1, 0.15) is 43.2 Å². The molecule has 17 heavy (non-hydrogen) atoms. The predicted molar refractivity (Wildman–Crippen MR) is 64.9 cm³/mol. The maximum Gasteiger partial charge on any atom is 0.337 e. The largest absolute Gasteiger partial charge is 0.478 e. The number of rotatable bonds is 5. The minimum Gasteiger partial charge on any atom is -0.478 e. The number of carboxylic acids is 1. The fourth-order valence-electron chi connectivity index (χ4n) is 1.19. The molecular formula is C13H19NO3. The summed E-state index contributed by atoms with van der Waals surface area (Å²) < 4.78 is 5.49. The van der Waals surface area contributed by atoms with Crippen LogP contribution in [0.5, 0.6) is 0 Å². The second-order valence-corrected chi connectivity index (χ2v) is 5.21. The van der Waals surface area contributed by atoms with E-state index in [-0.39, 0.29) is 11.0 Å². The molecule has 0 saturated heterocycles. The van der Waals surface area contributed by atoms with Crippen molar-refractivity contribution in [1.82, 2.24) is 4.98 Å². The van der Waals surface area contributed by atoms with Crippen molar-refractivity contribution in [2.45, 2.75) is 33.8 Å². The van der Waals surface area contributed by atoms with Crippen molar-refractivity contribution in [2.24, 2.45) is 5.41 Å². The van der Waals surface area contributed by atoms with Crippen molar-refractivity contribution in [3.63, 3.8) is 0 Å². The fraction of sp³-hybridized carbons (Fsp3) is 0.538. The molecule has 94 valence electrons. The Morgan fingerprint density at radius 1 is 1.41 bits per heavy atom. The number of ether oxygens (including phenoxy) is 1. The lowest BCUT2D eigenvalue weighted by molar-refractivity contribution is 0.0695. The molecule has 0 unspecified atom stereocenters. The summed E-state index contributed by atoms with van der Waals surface area (Å²) in [5.74, 6) is -0.960. The number of aromatic carboxylic acids is 1. The van der Waals surface area contributed by atoms with Gasteiger partial charge < -0.3 is 9.84 Å². The molecule has 1 rings (SSSR count). The summed E-state index contributed by atoms with van der Waals surface area (Å²) in [6.45, 7) is 7.60. The highest BCUT2D eigenvalue weighted by Crippen LogP contribution is 2.18. The van der Waals surface area contributed by atoms with Crippen LogP contribution in [-0.2, 0) is 11.3 Å². The molecule has 4 heteroatoms. The molecule has 0 aromatic carbocycles. The third-order valence-electron chi connectivity index (χ3n) is 2.32. The van der Waals surface area contributed by atoms with Crippen LogP contribution in [-0.4, -0.2) is 22.7 Å². The van der Waals surface area contributed by atoms with Crippen molar-refractivity contribution in [3.8, 4) is 0 Å². The van der Waals surface area contributed by atoms with Crippen LogP contribution in [0, 0.1) is 5.41 Å². The van der Waals surface area contributed by atoms with Crippen LogP contribution in [0.2, 0.25) is 0 Å². The van der Waals surface area contributed by atoms with E-state index in [2.05, 4.69) is 25.8 Å². The summed E-state index contributed by atoms with van der Waals surface area (Å²) in [6.07, 6.45) is 2.34. The van der Waals surface area contributed by atoms with E-state index in [9.17, 15) is 4.79 Å². The molecule has 0 radical (unpaired) electrons. The van der Waals surface area contributed by atoms with Gasteiger partial charge in [0.25, 0.3) is 0 Å². The van der Waals surface area contributed by atoms with Crippen molar-refractivity contribution in [1.29, 1.82) is 0 Å². The van der Waals surface area contributed by atoms with Gasteiger partial charge in [0.15, 0.2) is 0 Å². The van der Waals surface area contributed by atoms with E-state index in [1.807, 2.05) is 0 Å². The minimum atomic E-state index is -0.960. The topological polar surface area (TPSA) is 59.4 Å². The van der Waals surface area contributed by atoms with Crippen molar-refractivity contribution in [3.05, 3.63) is 29.6 Å². The molecular weight excluding hydrogens is 218 g/mol. The summed E-state index contributed by atoms with van der Waals surface area (Å²) in [4.78, 5) is 14.6. The van der Waals surface area contributed by atoms with E-state index in [0.717, 1.165) is 12.1 Å². The Bertz CT molecular complexity index is 365. The lowest BCUT2D eigenvalue weighted by Crippen LogP contribution is -2.09. The molecule has 0 amide bonds. The number of hydrogen-bond donors (Lipinski definition) is 1. The molecule has 4 nitrogen and oxygen atoms in total. The minimum absolute atomic E-state index is 0.198. The first-order valence-corrected chi connectivity index (χ1v) is 5.64. The second-order valence-electron chi connectivity index (χ2n) is 5.21. The van der Waals surface area contributed by atoms with Gasteiger partial charge in [-0.2, -0.15) is 0 Å². The van der Waals surface area contributed by atoms with Gasteiger partial charge in [-0.15, -0.1) is 0 Å². The molecule has 1 aromatic heterocycles. The van der Waals surface area contributed by atoms with E-state index in [0.29, 0.717) is 13.2 Å². The van der Waals surface area contributed by atoms with Gasteiger partial charge in [0.05, 0.1) is 17.9 Å². The molecule has 1 aromatic rings. The van der Waals surface area contributed by atoms with Crippen molar-refractivity contribution in [2.75, 3.05) is 6.61 Å². The molecule has 1 N–H and O–H groups in total. The van der Waals surface area contributed by atoms with E-state index >= 15 is 0 Å². The highest BCUT2D eigenvalue weighted by atomic mass is 16.5. The van der Waals surface area contributed by atoms with Gasteiger partial charge in [-0.25, -0.2) is 4.79 Å². The zero-order valence-electron chi connectivity index (χ0n) is 10.6. The Hall–Kier alpha value is -1.42. The highest BCUT2D eigenvalue weighted by molar-refractivity contribution is 5.87. The molecule has 0 atom stereocenters. The van der Waals surface area contributed by atoms with Gasteiger partial charge in [-0.3, -0.25) is 4.98 Å². The number of nitrogens with zero attached hydrogens (tertiary/aromatic N) is 1. The van der Waals surface area contributed by atoms with Crippen LogP contribution in [0.4, 0.5) is 0 Å². The summed E-state index contributed by atoms with van der Waals surface area (Å²) in [5, 5.41) is 8.71. The molecule has 0 aliphatic rings. The number of carboxylic acid groups (broad SMARTS) is 1. The molecule has 0 fully saturated rings. The average molecular weight is 237 g/mol. The molecule has 1 heterocycles. The molecule has 0 aliphatic carbocycles. The van der Waals surface area contributed by atoms with Crippen LogP contribution in [0.15, 0.2) is 18.3 Å². The first-order valence-electron chi connectivity index (χ1n) is 5.64. The molecule has 0 saturated carbocycles. The maximum absolute atomic E-state index is 10.6. The zero-order valence-corrected chi connectivity index (χ0v) is 10.6. The standard InChI is InChI=1S/C13H19NO3/c1-13(2,3)6-7-17-9-11-5-4-10(8-14-11)12(15)16/h4-5,8H,6-7,9H2,1-3H3,(H,15,16). The summed E-state index contributed by atoms with van der Waals surface area (Å²) in [7, 11) is 0. The molecule has 0 aliphatic heterocycles. The van der Waals surface area contributed by atoms with Gasteiger partial charge in [0.1, 0.15) is 0 Å². The predicted octanol–water partition coefficient (Wildman–Crippen LogP) is 2.73. The Morgan fingerprint density at radius 3 is 2.59 bits per heavy atom. The van der Waals surface area contributed by atoms with Gasteiger partial charge in [0, 0.05) is 12.8 Å². The quantitative estimate of drug-likeness (QED) is 0.800. The van der Waals surface area contributed by atoms with Crippen LogP contribution in [0.3, 0.4) is 0 Å². The first-order chi connectivity index (χ1) is 7.88. The summed E-state index contributed by atoms with van der Waals surface area (Å²) >= 11 is 0. The Kier molecular flexibility index (Phi) is 4.63. The van der Waals surface area contributed by atoms with Crippen molar-refractivity contribution < 1.29 is 14.6 Å². The van der Waals surface area contributed by atoms with Crippen LogP contribution < -0.4 is 0 Å². The zero-order chi connectivity index (χ0) is 12.9. The highest BCUT2D eigenvalue weighted by Gasteiger charge is 2.09. The summed E-state index contributed by atoms with van der Waals surface area (Å²) in [5.41, 5.74) is 1.22.